The van der Waals surface area contributed by atoms with Crippen molar-refractivity contribution in [1.29, 1.82) is 0 Å². The van der Waals surface area contributed by atoms with E-state index in [1.807, 2.05) is 6.92 Å². The average molecular weight is 309 g/mol. The van der Waals surface area contributed by atoms with Gasteiger partial charge in [-0.25, -0.2) is 0 Å². The van der Waals surface area contributed by atoms with Crippen LogP contribution in [-0.2, 0) is 16.1 Å². The summed E-state index contributed by atoms with van der Waals surface area (Å²) in [6.45, 7) is 4.67. The molecule has 1 aliphatic rings. The predicted molar refractivity (Wildman–Crippen MR) is 85.4 cm³/mol. The Kier molecular flexibility index (Phi) is 6.04. The van der Waals surface area contributed by atoms with Crippen molar-refractivity contribution < 1.29 is 9.53 Å². The molecule has 2 heterocycles. The molecule has 1 atom stereocenters. The summed E-state index contributed by atoms with van der Waals surface area (Å²) < 4.78 is 5.14. The number of carbonyl (C=O) groups is 1. The van der Waals surface area contributed by atoms with Crippen molar-refractivity contribution in [2.75, 3.05) is 26.7 Å². The molecule has 1 aliphatic heterocycles. The first kappa shape index (κ1) is 15.8. The number of thiophene rings is 1. The fourth-order valence-electron chi connectivity index (χ4n) is 2.53. The van der Waals surface area contributed by atoms with E-state index in [1.165, 1.54) is 5.56 Å². The van der Waals surface area contributed by atoms with Gasteiger partial charge in [0.2, 0.25) is 0 Å². The lowest BCUT2D eigenvalue weighted by atomic mass is 9.98. The smallest absolute Gasteiger partial charge is 0.310 e. The molecule has 1 aromatic rings. The lowest BCUT2D eigenvalue weighted by molar-refractivity contribution is -0.149. The summed E-state index contributed by atoms with van der Waals surface area (Å²) in [7, 11) is 1.78. The van der Waals surface area contributed by atoms with E-state index >= 15 is 0 Å². The highest BCUT2D eigenvalue weighted by atomic mass is 32.1. The molecular formula is C15H23N3O2S. The highest BCUT2D eigenvalue weighted by Gasteiger charge is 2.28. The zero-order chi connectivity index (χ0) is 15.1. The number of guanidine groups is 1. The number of hydrogen-bond acceptors (Lipinski definition) is 4. The first-order valence-electron chi connectivity index (χ1n) is 7.38. The Morgan fingerprint density at radius 2 is 2.48 bits per heavy atom. The van der Waals surface area contributed by atoms with E-state index in [0.29, 0.717) is 13.2 Å². The number of likely N-dealkylation sites (tertiary alicyclic amines) is 1. The number of esters is 1. The van der Waals surface area contributed by atoms with Crippen LogP contribution >= 0.6 is 11.3 Å². The lowest BCUT2D eigenvalue weighted by Crippen LogP contribution is -2.48. The Morgan fingerprint density at radius 3 is 3.14 bits per heavy atom. The van der Waals surface area contributed by atoms with Crippen molar-refractivity contribution in [2.24, 2.45) is 10.9 Å². The van der Waals surface area contributed by atoms with E-state index in [-0.39, 0.29) is 11.9 Å². The zero-order valence-electron chi connectivity index (χ0n) is 12.7. The maximum absolute atomic E-state index is 11.9. The molecule has 2 rings (SSSR count). The molecule has 1 aromatic heterocycles. The predicted octanol–water partition coefficient (Wildman–Crippen LogP) is 2.10. The monoisotopic (exact) mass is 309 g/mol. The van der Waals surface area contributed by atoms with Crippen LogP contribution in [0.4, 0.5) is 0 Å². The second-order valence-electron chi connectivity index (χ2n) is 5.07. The zero-order valence-corrected chi connectivity index (χ0v) is 13.5. The third-order valence-electron chi connectivity index (χ3n) is 3.58. The highest BCUT2D eigenvalue weighted by Crippen LogP contribution is 2.18. The summed E-state index contributed by atoms with van der Waals surface area (Å²) in [4.78, 5) is 18.4. The van der Waals surface area contributed by atoms with E-state index in [1.54, 1.807) is 18.4 Å². The Balaban J connectivity index is 1.90. The molecule has 1 saturated heterocycles. The molecule has 0 spiro atoms. The largest absolute Gasteiger partial charge is 0.466 e. The van der Waals surface area contributed by atoms with Crippen LogP contribution in [0.2, 0.25) is 0 Å². The van der Waals surface area contributed by atoms with Crippen molar-refractivity contribution >= 4 is 23.3 Å². The summed E-state index contributed by atoms with van der Waals surface area (Å²) >= 11 is 1.69. The van der Waals surface area contributed by atoms with Crippen LogP contribution in [-0.4, -0.2) is 43.6 Å². The summed E-state index contributed by atoms with van der Waals surface area (Å²) in [6, 6.07) is 2.10. The summed E-state index contributed by atoms with van der Waals surface area (Å²) in [5.41, 5.74) is 1.25. The molecule has 0 aliphatic carbocycles. The van der Waals surface area contributed by atoms with Gasteiger partial charge in [-0.2, -0.15) is 11.3 Å². The van der Waals surface area contributed by atoms with Gasteiger partial charge in [0.25, 0.3) is 0 Å². The van der Waals surface area contributed by atoms with Gasteiger partial charge in [-0.3, -0.25) is 9.79 Å². The van der Waals surface area contributed by atoms with E-state index in [0.717, 1.165) is 31.9 Å². The molecule has 0 saturated carbocycles. The number of nitrogens with one attached hydrogen (secondary N) is 1. The molecule has 1 unspecified atom stereocenters. The van der Waals surface area contributed by atoms with E-state index in [2.05, 4.69) is 32.0 Å². The molecule has 0 amide bonds. The lowest BCUT2D eigenvalue weighted by Gasteiger charge is -2.33. The third-order valence-corrected chi connectivity index (χ3v) is 4.32. The van der Waals surface area contributed by atoms with Crippen molar-refractivity contribution in [3.63, 3.8) is 0 Å². The van der Waals surface area contributed by atoms with Crippen LogP contribution in [0.5, 0.6) is 0 Å². The first-order chi connectivity index (χ1) is 10.2. The Labute approximate surface area is 130 Å². The van der Waals surface area contributed by atoms with E-state index in [9.17, 15) is 4.79 Å². The second kappa shape index (κ2) is 8.02. The van der Waals surface area contributed by atoms with Crippen LogP contribution in [0, 0.1) is 5.92 Å². The molecule has 0 radical (unpaired) electrons. The maximum Gasteiger partial charge on any atom is 0.310 e. The number of ether oxygens (including phenoxy) is 1. The van der Waals surface area contributed by atoms with Gasteiger partial charge in [0.1, 0.15) is 0 Å². The number of nitrogens with zero attached hydrogens (tertiary/aromatic N) is 2. The molecule has 0 bridgehead atoms. The second-order valence-corrected chi connectivity index (χ2v) is 5.85. The number of piperidine rings is 1. The Morgan fingerprint density at radius 1 is 1.62 bits per heavy atom. The molecule has 116 valence electrons. The molecule has 1 N–H and O–H groups in total. The molecule has 5 nitrogen and oxygen atoms in total. The van der Waals surface area contributed by atoms with Crippen LogP contribution in [0.3, 0.4) is 0 Å². The topological polar surface area (TPSA) is 53.9 Å². The van der Waals surface area contributed by atoms with Crippen LogP contribution in [0.1, 0.15) is 25.3 Å². The quantitative estimate of drug-likeness (QED) is 0.526. The number of carbonyl (C=O) groups excluding carboxylic acids is 1. The first-order valence-corrected chi connectivity index (χ1v) is 8.32. The fourth-order valence-corrected chi connectivity index (χ4v) is 3.20. The van der Waals surface area contributed by atoms with Crippen LogP contribution < -0.4 is 5.32 Å². The standard InChI is InChI=1S/C15H23N3O2S/c1-3-20-14(19)13-5-4-7-18(10-13)15(16-2)17-9-12-6-8-21-11-12/h6,8,11,13H,3-5,7,9-10H2,1-2H3,(H,16,17). The summed E-state index contributed by atoms with van der Waals surface area (Å²) in [5, 5.41) is 7.55. The van der Waals surface area contributed by atoms with Crippen LogP contribution in [0.15, 0.2) is 21.8 Å². The minimum atomic E-state index is -0.0875. The van der Waals surface area contributed by atoms with Gasteiger partial charge in [-0.1, -0.05) is 0 Å². The van der Waals surface area contributed by atoms with Crippen LogP contribution in [0.25, 0.3) is 0 Å². The van der Waals surface area contributed by atoms with Crippen molar-refractivity contribution in [3.8, 4) is 0 Å². The number of rotatable bonds is 4. The SMILES string of the molecule is CCOC(=O)C1CCCN(C(=NC)NCc2ccsc2)C1. The molecule has 1 fully saturated rings. The molecule has 0 aromatic carbocycles. The normalized spacial score (nSPS) is 19.4. The van der Waals surface area contributed by atoms with Gasteiger partial charge in [0.15, 0.2) is 5.96 Å². The fraction of sp³-hybridized carbons (Fsp3) is 0.600. The summed E-state index contributed by atoms with van der Waals surface area (Å²) in [6.07, 6.45) is 1.89. The highest BCUT2D eigenvalue weighted by molar-refractivity contribution is 7.07. The molecular weight excluding hydrogens is 286 g/mol. The van der Waals surface area contributed by atoms with Gasteiger partial charge >= 0.3 is 5.97 Å². The summed E-state index contributed by atoms with van der Waals surface area (Å²) in [5.74, 6) is 0.726. The van der Waals surface area contributed by atoms with Crippen molar-refractivity contribution in [3.05, 3.63) is 22.4 Å². The Hall–Kier alpha value is -1.56. The minimum Gasteiger partial charge on any atom is -0.466 e. The van der Waals surface area contributed by atoms with Gasteiger partial charge in [-0.05, 0) is 42.2 Å². The maximum atomic E-state index is 11.9. The molecule has 21 heavy (non-hydrogen) atoms. The Bertz CT molecular complexity index is 473. The minimum absolute atomic E-state index is 0.0432. The number of aliphatic imine (C=N–C) groups is 1. The average Bonchev–Trinajstić information content (AvgIpc) is 3.02. The molecule has 6 heteroatoms. The van der Waals surface area contributed by atoms with Gasteiger partial charge in [-0.15, -0.1) is 0 Å². The number of hydrogen-bond donors (Lipinski definition) is 1. The van der Waals surface area contributed by atoms with E-state index < -0.39 is 0 Å². The third kappa shape index (κ3) is 4.46. The van der Waals surface area contributed by atoms with Gasteiger partial charge in [0, 0.05) is 26.7 Å². The van der Waals surface area contributed by atoms with Crippen molar-refractivity contribution in [2.45, 2.75) is 26.3 Å². The van der Waals surface area contributed by atoms with Gasteiger partial charge < -0.3 is 15.0 Å². The van der Waals surface area contributed by atoms with Gasteiger partial charge in [0.05, 0.1) is 12.5 Å². The van der Waals surface area contributed by atoms with Crippen molar-refractivity contribution in [1.82, 2.24) is 10.2 Å². The van der Waals surface area contributed by atoms with E-state index in [4.69, 9.17) is 4.74 Å².